The molecule has 0 spiro atoms. The lowest BCUT2D eigenvalue weighted by Gasteiger charge is -2.35. The minimum Gasteiger partial charge on any atom is -0.357 e. The van der Waals surface area contributed by atoms with Gasteiger partial charge in [0.05, 0.1) is 11.4 Å². The van der Waals surface area contributed by atoms with Gasteiger partial charge in [0.25, 0.3) is 11.5 Å². The first-order chi connectivity index (χ1) is 15.8. The summed E-state index contributed by atoms with van der Waals surface area (Å²) in [4.78, 5) is 30.5. The summed E-state index contributed by atoms with van der Waals surface area (Å²) in [5.41, 5.74) is 2.14. The number of benzene rings is 1. The van der Waals surface area contributed by atoms with Crippen LogP contribution in [-0.2, 0) is 18.4 Å². The third-order valence-corrected chi connectivity index (χ3v) is 7.63. The SMILES string of the molecule is Cc1c(/C=C2/SC(=S)N(Cc3ccccc3)C2=O)c(N2CCCC(C)C2)n(C)c(=O)c1C#N. The molecule has 170 valence electrons. The fraction of sp³-hybridized carbons (Fsp3) is 0.360. The van der Waals surface area contributed by atoms with Crippen LogP contribution in [0.4, 0.5) is 5.82 Å². The van der Waals surface area contributed by atoms with E-state index in [1.165, 1.54) is 11.8 Å². The number of piperidine rings is 1. The molecule has 2 fully saturated rings. The third-order valence-electron chi connectivity index (χ3n) is 6.26. The summed E-state index contributed by atoms with van der Waals surface area (Å²) >= 11 is 6.78. The van der Waals surface area contributed by atoms with E-state index in [-0.39, 0.29) is 17.0 Å². The van der Waals surface area contributed by atoms with Crippen LogP contribution in [-0.4, -0.2) is 32.8 Å². The van der Waals surface area contributed by atoms with E-state index < -0.39 is 0 Å². The number of thioether (sulfide) groups is 1. The number of aromatic nitrogens is 1. The number of carbonyl (C=O) groups excluding carboxylic acids is 1. The summed E-state index contributed by atoms with van der Waals surface area (Å²) in [5, 5.41) is 9.65. The Kier molecular flexibility index (Phi) is 6.73. The third kappa shape index (κ3) is 4.48. The molecule has 1 aromatic heterocycles. The van der Waals surface area contributed by atoms with Gasteiger partial charge in [-0.05, 0) is 42.9 Å². The molecule has 3 heterocycles. The van der Waals surface area contributed by atoms with Crippen LogP contribution in [0.2, 0.25) is 0 Å². The van der Waals surface area contributed by atoms with E-state index in [2.05, 4.69) is 17.9 Å². The largest absolute Gasteiger partial charge is 0.357 e. The van der Waals surface area contributed by atoms with Crippen LogP contribution < -0.4 is 10.5 Å². The Morgan fingerprint density at radius 2 is 2.00 bits per heavy atom. The van der Waals surface area contributed by atoms with Crippen molar-refractivity contribution >= 4 is 46.1 Å². The standard InChI is InChI=1S/C25H26N4O2S2/c1-16-8-7-11-28(14-16)22-19(17(2)20(13-26)23(30)27(22)3)12-21-24(31)29(25(32)33-21)15-18-9-5-4-6-10-18/h4-6,9-10,12,16H,7-8,11,14-15H2,1-3H3/b21-12+. The molecule has 2 aliphatic heterocycles. The molecule has 1 unspecified atom stereocenters. The number of pyridine rings is 1. The molecule has 4 rings (SSSR count). The van der Waals surface area contributed by atoms with Gasteiger partial charge in [0.2, 0.25) is 0 Å². The Morgan fingerprint density at radius 1 is 1.27 bits per heavy atom. The lowest BCUT2D eigenvalue weighted by atomic mass is 9.98. The molecule has 0 saturated carbocycles. The molecule has 33 heavy (non-hydrogen) atoms. The fourth-order valence-electron chi connectivity index (χ4n) is 4.51. The molecule has 0 N–H and O–H groups in total. The van der Waals surface area contributed by atoms with E-state index in [4.69, 9.17) is 12.2 Å². The van der Waals surface area contributed by atoms with Crippen LogP contribution in [0.3, 0.4) is 0 Å². The minimum absolute atomic E-state index is 0.109. The van der Waals surface area contributed by atoms with Crippen molar-refractivity contribution in [3.63, 3.8) is 0 Å². The summed E-state index contributed by atoms with van der Waals surface area (Å²) in [6, 6.07) is 11.8. The van der Waals surface area contributed by atoms with Crippen molar-refractivity contribution in [1.82, 2.24) is 9.47 Å². The number of nitrogens with zero attached hydrogens (tertiary/aromatic N) is 4. The van der Waals surface area contributed by atoms with Crippen molar-refractivity contribution < 1.29 is 4.79 Å². The molecular formula is C25H26N4O2S2. The smallest absolute Gasteiger partial charge is 0.270 e. The number of hydrogen-bond donors (Lipinski definition) is 0. The Balaban J connectivity index is 1.79. The molecule has 6 nitrogen and oxygen atoms in total. The predicted molar refractivity (Wildman–Crippen MR) is 137 cm³/mol. The van der Waals surface area contributed by atoms with Crippen LogP contribution in [0, 0.1) is 24.2 Å². The summed E-state index contributed by atoms with van der Waals surface area (Å²) < 4.78 is 2.06. The highest BCUT2D eigenvalue weighted by Gasteiger charge is 2.33. The average molecular weight is 479 g/mol. The van der Waals surface area contributed by atoms with Crippen LogP contribution in [0.15, 0.2) is 40.0 Å². The Hall–Kier alpha value is -2.89. The zero-order valence-electron chi connectivity index (χ0n) is 19.0. The van der Waals surface area contributed by atoms with Crippen molar-refractivity contribution in [1.29, 1.82) is 5.26 Å². The van der Waals surface area contributed by atoms with Crippen molar-refractivity contribution in [2.75, 3.05) is 18.0 Å². The van der Waals surface area contributed by atoms with Gasteiger partial charge in [-0.15, -0.1) is 0 Å². The van der Waals surface area contributed by atoms with E-state index in [1.807, 2.05) is 36.4 Å². The highest BCUT2D eigenvalue weighted by molar-refractivity contribution is 8.26. The van der Waals surface area contributed by atoms with Crippen LogP contribution in [0.25, 0.3) is 6.08 Å². The second-order valence-corrected chi connectivity index (χ2v) is 10.3. The summed E-state index contributed by atoms with van der Waals surface area (Å²) in [7, 11) is 1.70. The van der Waals surface area contributed by atoms with Gasteiger partial charge in [0.15, 0.2) is 0 Å². The van der Waals surface area contributed by atoms with Gasteiger partial charge in [-0.3, -0.25) is 19.1 Å². The molecule has 1 amide bonds. The Morgan fingerprint density at radius 3 is 2.67 bits per heavy atom. The summed E-state index contributed by atoms with van der Waals surface area (Å²) in [6.07, 6.45) is 3.99. The van der Waals surface area contributed by atoms with E-state index in [1.54, 1.807) is 23.4 Å². The first-order valence-electron chi connectivity index (χ1n) is 11.0. The maximum absolute atomic E-state index is 13.3. The second-order valence-electron chi connectivity index (χ2n) is 8.66. The van der Waals surface area contributed by atoms with Crippen molar-refractivity contribution in [2.24, 2.45) is 13.0 Å². The molecule has 8 heteroatoms. The lowest BCUT2D eigenvalue weighted by Crippen LogP contribution is -2.39. The topological polar surface area (TPSA) is 69.3 Å². The Bertz CT molecular complexity index is 1240. The maximum Gasteiger partial charge on any atom is 0.270 e. The number of thiocarbonyl (C=S) groups is 1. The number of anilines is 1. The number of nitriles is 1. The first-order valence-corrected chi connectivity index (χ1v) is 12.2. The lowest BCUT2D eigenvalue weighted by molar-refractivity contribution is -0.122. The first kappa shape index (κ1) is 23.3. The van der Waals surface area contributed by atoms with E-state index >= 15 is 0 Å². The van der Waals surface area contributed by atoms with Crippen molar-refractivity contribution in [3.8, 4) is 6.07 Å². The van der Waals surface area contributed by atoms with Gasteiger partial charge in [-0.1, -0.05) is 61.2 Å². The maximum atomic E-state index is 13.3. The zero-order valence-corrected chi connectivity index (χ0v) is 20.6. The number of amides is 1. The molecule has 1 atom stereocenters. The van der Waals surface area contributed by atoms with Crippen LogP contribution in [0.1, 0.15) is 42.0 Å². The van der Waals surface area contributed by atoms with E-state index in [9.17, 15) is 14.9 Å². The molecule has 2 aliphatic rings. The van der Waals surface area contributed by atoms with E-state index in [0.29, 0.717) is 27.3 Å². The van der Waals surface area contributed by atoms with Crippen molar-refractivity contribution in [2.45, 2.75) is 33.2 Å². The normalized spacial score (nSPS) is 19.9. The molecule has 2 aromatic rings. The Labute approximate surface area is 203 Å². The molecule has 0 radical (unpaired) electrons. The van der Waals surface area contributed by atoms with Crippen LogP contribution in [0.5, 0.6) is 0 Å². The highest BCUT2D eigenvalue weighted by atomic mass is 32.2. The molecular weight excluding hydrogens is 452 g/mol. The van der Waals surface area contributed by atoms with Gasteiger partial charge in [0.1, 0.15) is 21.8 Å². The highest BCUT2D eigenvalue weighted by Crippen LogP contribution is 2.37. The van der Waals surface area contributed by atoms with E-state index in [0.717, 1.165) is 42.9 Å². The van der Waals surface area contributed by atoms with Gasteiger partial charge < -0.3 is 4.90 Å². The molecule has 0 bridgehead atoms. The van der Waals surface area contributed by atoms with Gasteiger partial charge >= 0.3 is 0 Å². The second kappa shape index (κ2) is 9.54. The fourth-order valence-corrected chi connectivity index (χ4v) is 5.75. The predicted octanol–water partition coefficient (Wildman–Crippen LogP) is 4.20. The molecule has 1 aromatic carbocycles. The van der Waals surface area contributed by atoms with Crippen LogP contribution >= 0.6 is 24.0 Å². The number of carbonyl (C=O) groups is 1. The zero-order chi connectivity index (χ0) is 23.7. The van der Waals surface area contributed by atoms with Gasteiger partial charge in [0, 0.05) is 25.7 Å². The minimum atomic E-state index is -0.308. The van der Waals surface area contributed by atoms with Gasteiger partial charge in [-0.25, -0.2) is 0 Å². The van der Waals surface area contributed by atoms with Crippen molar-refractivity contribution in [3.05, 3.63) is 67.8 Å². The summed E-state index contributed by atoms with van der Waals surface area (Å²) in [5.74, 6) is 1.11. The number of rotatable bonds is 4. The summed E-state index contributed by atoms with van der Waals surface area (Å²) in [6.45, 7) is 6.06. The molecule has 0 aliphatic carbocycles. The average Bonchev–Trinajstić information content (AvgIpc) is 3.06. The number of hydrogen-bond acceptors (Lipinski definition) is 6. The monoisotopic (exact) mass is 478 g/mol. The molecule has 2 saturated heterocycles. The van der Waals surface area contributed by atoms with Gasteiger partial charge in [-0.2, -0.15) is 5.26 Å². The quantitative estimate of drug-likeness (QED) is 0.485.